The average Bonchev–Trinajstić information content (AvgIpc) is 3.40. The van der Waals surface area contributed by atoms with Gasteiger partial charge >= 0.3 is 0 Å². The minimum absolute atomic E-state index is 0.00875. The van der Waals surface area contributed by atoms with Crippen molar-refractivity contribution in [2.45, 2.75) is 18.9 Å². The number of aromatic nitrogens is 2. The van der Waals surface area contributed by atoms with E-state index in [0.29, 0.717) is 31.0 Å². The standard InChI is InChI=1S/C18H18F2N4O2S/c1-22-4-6-23(7-5-22)15-11(19)8-10-14(13(15)20)24(9-2-3-9)18-12(16(10)25)17(26)21-27-18/h8-9H,2-7H2,1H3,(H,21,26). The van der Waals surface area contributed by atoms with Gasteiger partial charge in [-0.15, -0.1) is 0 Å². The zero-order valence-electron chi connectivity index (χ0n) is 14.7. The first-order valence-electron chi connectivity index (χ1n) is 8.98. The van der Waals surface area contributed by atoms with E-state index in [1.54, 1.807) is 9.47 Å². The second-order valence-corrected chi connectivity index (χ2v) is 8.15. The van der Waals surface area contributed by atoms with Crippen LogP contribution in [-0.4, -0.2) is 47.1 Å². The molecule has 0 unspecified atom stereocenters. The fourth-order valence-electron chi connectivity index (χ4n) is 3.91. The molecule has 0 spiro atoms. The summed E-state index contributed by atoms with van der Waals surface area (Å²) in [5.41, 5.74) is -1.07. The second-order valence-electron chi connectivity index (χ2n) is 7.35. The molecule has 0 bridgehead atoms. The molecule has 1 saturated carbocycles. The van der Waals surface area contributed by atoms with E-state index >= 15 is 4.39 Å². The van der Waals surface area contributed by atoms with E-state index in [1.165, 1.54) is 0 Å². The lowest BCUT2D eigenvalue weighted by atomic mass is 10.1. The molecule has 142 valence electrons. The zero-order valence-corrected chi connectivity index (χ0v) is 15.5. The second kappa shape index (κ2) is 5.87. The topological polar surface area (TPSA) is 61.3 Å². The Morgan fingerprint density at radius 3 is 2.52 bits per heavy atom. The van der Waals surface area contributed by atoms with Gasteiger partial charge in [-0.1, -0.05) is 0 Å². The highest BCUT2D eigenvalue weighted by atomic mass is 32.1. The number of benzene rings is 1. The van der Waals surface area contributed by atoms with Crippen molar-refractivity contribution in [2.24, 2.45) is 0 Å². The molecule has 3 heterocycles. The summed E-state index contributed by atoms with van der Waals surface area (Å²) in [6.07, 6.45) is 1.69. The molecular formula is C18H18F2N4O2S. The summed E-state index contributed by atoms with van der Waals surface area (Å²) in [6.45, 7) is 2.46. The van der Waals surface area contributed by atoms with Gasteiger partial charge in [-0.25, -0.2) is 8.78 Å². The molecule has 6 nitrogen and oxygen atoms in total. The first-order valence-corrected chi connectivity index (χ1v) is 9.80. The number of fused-ring (bicyclic) bond motifs is 2. The van der Waals surface area contributed by atoms with Crippen LogP contribution in [0.5, 0.6) is 0 Å². The highest BCUT2D eigenvalue weighted by Gasteiger charge is 2.32. The van der Waals surface area contributed by atoms with Gasteiger partial charge in [-0.3, -0.25) is 14.0 Å². The highest BCUT2D eigenvalue weighted by Crippen LogP contribution is 2.42. The molecule has 1 aromatic carbocycles. The summed E-state index contributed by atoms with van der Waals surface area (Å²) in [5, 5.41) is -0.0725. The molecule has 27 heavy (non-hydrogen) atoms. The fraction of sp³-hybridized carbons (Fsp3) is 0.444. The van der Waals surface area contributed by atoms with Crippen molar-refractivity contribution in [2.75, 3.05) is 38.1 Å². The minimum atomic E-state index is -0.755. The number of halogens is 2. The van der Waals surface area contributed by atoms with E-state index in [0.717, 1.165) is 30.4 Å². The average molecular weight is 392 g/mol. The molecule has 2 aromatic heterocycles. The largest absolute Gasteiger partial charge is 0.364 e. The van der Waals surface area contributed by atoms with Gasteiger partial charge in [-0.05, 0) is 37.5 Å². The molecular weight excluding hydrogens is 374 g/mol. The molecule has 5 rings (SSSR count). The van der Waals surface area contributed by atoms with Crippen molar-refractivity contribution < 1.29 is 8.78 Å². The van der Waals surface area contributed by atoms with Gasteiger partial charge in [0.25, 0.3) is 5.56 Å². The van der Waals surface area contributed by atoms with Gasteiger partial charge in [0.2, 0.25) is 5.43 Å². The van der Waals surface area contributed by atoms with Crippen LogP contribution in [-0.2, 0) is 0 Å². The number of hydrogen-bond acceptors (Lipinski definition) is 5. The maximum atomic E-state index is 15.6. The third-order valence-corrected chi connectivity index (χ3v) is 6.39. The van der Waals surface area contributed by atoms with E-state index in [-0.39, 0.29) is 28.0 Å². The van der Waals surface area contributed by atoms with Crippen LogP contribution in [0.2, 0.25) is 0 Å². The molecule has 1 N–H and O–H groups in total. The summed E-state index contributed by atoms with van der Waals surface area (Å²) < 4.78 is 34.8. The molecule has 0 radical (unpaired) electrons. The normalized spacial score (nSPS) is 18.7. The fourth-order valence-corrected chi connectivity index (χ4v) is 4.83. The number of anilines is 1. The predicted octanol–water partition coefficient (Wildman–Crippen LogP) is 2.27. The van der Waals surface area contributed by atoms with E-state index < -0.39 is 22.6 Å². The van der Waals surface area contributed by atoms with Gasteiger partial charge in [0.15, 0.2) is 5.82 Å². The SMILES string of the molecule is CN1CCN(c2c(F)cc3c(=O)c4c(=O)[nH]sc4n(C4CC4)c3c2F)CC1. The van der Waals surface area contributed by atoms with Crippen LogP contribution >= 0.6 is 11.5 Å². The predicted molar refractivity (Wildman–Crippen MR) is 102 cm³/mol. The Morgan fingerprint density at radius 2 is 1.85 bits per heavy atom. The number of aromatic amines is 1. The summed E-state index contributed by atoms with van der Waals surface area (Å²) >= 11 is 1.04. The molecule has 1 saturated heterocycles. The number of likely N-dealkylation sites (N-methyl/N-ethyl adjacent to an activating group) is 1. The van der Waals surface area contributed by atoms with Gasteiger partial charge < -0.3 is 14.4 Å². The Balaban J connectivity index is 1.86. The number of hydrogen-bond donors (Lipinski definition) is 1. The lowest BCUT2D eigenvalue weighted by molar-refractivity contribution is 0.310. The first-order chi connectivity index (χ1) is 13.0. The lowest BCUT2D eigenvalue weighted by Gasteiger charge is -2.34. The Bertz CT molecular complexity index is 1190. The van der Waals surface area contributed by atoms with Crippen LogP contribution < -0.4 is 15.9 Å². The summed E-state index contributed by atoms with van der Waals surface area (Å²) in [5.74, 6) is -1.46. The number of nitrogens with zero attached hydrogens (tertiary/aromatic N) is 3. The van der Waals surface area contributed by atoms with Crippen molar-refractivity contribution in [1.29, 1.82) is 0 Å². The summed E-state index contributed by atoms with van der Waals surface area (Å²) in [6, 6.07) is 1.13. The van der Waals surface area contributed by atoms with Gasteiger partial charge in [-0.2, -0.15) is 0 Å². The molecule has 1 aliphatic carbocycles. The van der Waals surface area contributed by atoms with E-state index in [1.807, 2.05) is 7.05 Å². The van der Waals surface area contributed by atoms with E-state index in [2.05, 4.69) is 9.27 Å². The highest BCUT2D eigenvalue weighted by molar-refractivity contribution is 7.12. The van der Waals surface area contributed by atoms with E-state index in [9.17, 15) is 14.0 Å². The number of piperazine rings is 1. The molecule has 0 amide bonds. The monoisotopic (exact) mass is 392 g/mol. The quantitative estimate of drug-likeness (QED) is 0.727. The van der Waals surface area contributed by atoms with Crippen LogP contribution in [0.15, 0.2) is 15.7 Å². The maximum Gasteiger partial charge on any atom is 0.271 e. The Kier molecular flexibility index (Phi) is 3.67. The number of H-pyrrole nitrogens is 1. The van der Waals surface area contributed by atoms with Crippen molar-refractivity contribution >= 4 is 38.3 Å². The molecule has 2 fully saturated rings. The first kappa shape index (κ1) is 16.9. The van der Waals surface area contributed by atoms with Crippen molar-refractivity contribution in [3.8, 4) is 0 Å². The van der Waals surface area contributed by atoms with Crippen LogP contribution in [0.25, 0.3) is 21.1 Å². The van der Waals surface area contributed by atoms with Crippen molar-refractivity contribution in [3.05, 3.63) is 38.3 Å². The van der Waals surface area contributed by atoms with Gasteiger partial charge in [0.05, 0.1) is 10.9 Å². The number of pyridine rings is 1. The van der Waals surface area contributed by atoms with Crippen LogP contribution in [0, 0.1) is 11.6 Å². The summed E-state index contributed by atoms with van der Waals surface area (Å²) in [4.78, 5) is 29.2. The third kappa shape index (κ3) is 2.45. The summed E-state index contributed by atoms with van der Waals surface area (Å²) in [7, 11) is 1.97. The van der Waals surface area contributed by atoms with Crippen molar-refractivity contribution in [1.82, 2.24) is 13.8 Å². The van der Waals surface area contributed by atoms with Gasteiger partial charge in [0, 0.05) is 32.2 Å². The number of nitrogens with one attached hydrogen (secondary N) is 1. The third-order valence-electron chi connectivity index (χ3n) is 5.51. The van der Waals surface area contributed by atoms with Crippen molar-refractivity contribution in [3.63, 3.8) is 0 Å². The van der Waals surface area contributed by atoms with Crippen LogP contribution in [0.4, 0.5) is 14.5 Å². The zero-order chi connectivity index (χ0) is 18.9. The molecule has 3 aromatic rings. The smallest absolute Gasteiger partial charge is 0.271 e. The molecule has 0 atom stereocenters. The molecule has 1 aliphatic heterocycles. The van der Waals surface area contributed by atoms with Crippen LogP contribution in [0.3, 0.4) is 0 Å². The lowest BCUT2D eigenvalue weighted by Crippen LogP contribution is -2.45. The Labute approximate surface area is 156 Å². The van der Waals surface area contributed by atoms with Crippen LogP contribution in [0.1, 0.15) is 18.9 Å². The maximum absolute atomic E-state index is 15.6. The number of rotatable bonds is 2. The van der Waals surface area contributed by atoms with Gasteiger partial charge in [0.1, 0.15) is 21.7 Å². The Hall–Kier alpha value is -2.26. The molecule has 2 aliphatic rings. The molecule has 9 heteroatoms. The minimum Gasteiger partial charge on any atom is -0.364 e. The Morgan fingerprint density at radius 1 is 1.15 bits per heavy atom. The van der Waals surface area contributed by atoms with E-state index in [4.69, 9.17) is 0 Å².